The van der Waals surface area contributed by atoms with E-state index in [9.17, 15) is 59.4 Å². The number of rotatable bonds is 33. The number of ketones is 1. The fraction of sp³-hybridized carbons (Fsp3) is 0.695. The Morgan fingerprint density at radius 3 is 2.14 bits per heavy atom. The molecule has 0 aromatic heterocycles. The minimum absolute atomic E-state index is 0.00316. The van der Waals surface area contributed by atoms with Crippen LogP contribution in [0.15, 0.2) is 60.2 Å². The highest BCUT2D eigenvalue weighted by Gasteiger charge is 2.38. The van der Waals surface area contributed by atoms with Crippen molar-refractivity contribution < 1.29 is 59.4 Å². The van der Waals surface area contributed by atoms with Crippen LogP contribution in [0.1, 0.15) is 164 Å². The molecule has 0 spiro atoms. The number of nitrogens with one attached hydrogen (secondary N) is 4. The number of piperidine rings is 1. The van der Waals surface area contributed by atoms with E-state index < -0.39 is 84.0 Å². The molecule has 1 aromatic carbocycles. The molecule has 0 aliphatic carbocycles. The van der Waals surface area contributed by atoms with Crippen LogP contribution in [0.2, 0.25) is 0 Å². The molecule has 0 bridgehead atoms. The molecule has 0 radical (unpaired) electrons. The van der Waals surface area contributed by atoms with Gasteiger partial charge in [-0.15, -0.1) is 0 Å². The molecule has 2 heterocycles. The Hall–Kier alpha value is -4.94. The van der Waals surface area contributed by atoms with Crippen LogP contribution in [-0.4, -0.2) is 126 Å². The molecule has 2 fully saturated rings. The molecule has 10 N–H and O–H groups in total. The van der Waals surface area contributed by atoms with Gasteiger partial charge in [0, 0.05) is 37.3 Å². The fourth-order valence-corrected chi connectivity index (χ4v) is 10.2. The summed E-state index contributed by atoms with van der Waals surface area (Å²) < 4.78 is 0. The van der Waals surface area contributed by atoms with Crippen molar-refractivity contribution in [2.75, 3.05) is 6.54 Å². The zero-order chi connectivity index (χ0) is 56.6. The lowest BCUT2D eigenvalue weighted by Gasteiger charge is -2.36. The van der Waals surface area contributed by atoms with Crippen molar-refractivity contribution in [1.29, 1.82) is 0 Å². The van der Waals surface area contributed by atoms with Gasteiger partial charge in [0.1, 0.15) is 29.7 Å². The van der Waals surface area contributed by atoms with Crippen LogP contribution in [0.5, 0.6) is 5.75 Å². The number of benzene rings is 1. The molecule has 2 aliphatic rings. The Balaban J connectivity index is 1.48. The molecule has 1 aromatic rings. The number of amides is 4. The third-order valence-electron chi connectivity index (χ3n) is 15.7. The summed E-state index contributed by atoms with van der Waals surface area (Å²) in [6, 6.07) is 2.81. The van der Waals surface area contributed by atoms with E-state index in [0.717, 1.165) is 38.5 Å². The van der Waals surface area contributed by atoms with Crippen molar-refractivity contribution in [2.24, 2.45) is 41.4 Å². The molecule has 428 valence electrons. The zero-order valence-corrected chi connectivity index (χ0v) is 47.0. The lowest BCUT2D eigenvalue weighted by molar-refractivity contribution is -0.148. The highest BCUT2D eigenvalue weighted by molar-refractivity contribution is 5.93. The monoisotopic (exact) mass is 1070 g/mol. The lowest BCUT2D eigenvalue weighted by atomic mass is 9.80. The second-order valence-electron chi connectivity index (χ2n) is 22.5. The Labute approximate surface area is 452 Å². The van der Waals surface area contributed by atoms with Gasteiger partial charge in [-0.1, -0.05) is 96.6 Å². The minimum atomic E-state index is -1.22. The van der Waals surface area contributed by atoms with Crippen molar-refractivity contribution in [2.45, 2.75) is 214 Å². The number of aromatic hydroxyl groups is 1. The van der Waals surface area contributed by atoms with Crippen molar-refractivity contribution in [3.8, 4) is 5.75 Å². The number of hydrazine groups is 1. The first-order valence-corrected chi connectivity index (χ1v) is 28.1. The van der Waals surface area contributed by atoms with Crippen molar-refractivity contribution in [1.82, 2.24) is 26.4 Å². The number of aliphatic hydroxyl groups excluding tert-OH is 4. The van der Waals surface area contributed by atoms with Gasteiger partial charge in [-0.25, -0.2) is 5.43 Å². The van der Waals surface area contributed by atoms with E-state index >= 15 is 0 Å². The van der Waals surface area contributed by atoms with Gasteiger partial charge in [0.15, 0.2) is 0 Å². The number of carbonyl (C=O) groups excluding carboxylic acids is 5. The number of carboxylic acids is 1. The van der Waals surface area contributed by atoms with Crippen LogP contribution in [-0.2, 0) is 35.2 Å². The maximum Gasteiger partial charge on any atom is 0.322 e. The minimum Gasteiger partial charge on any atom is -0.508 e. The van der Waals surface area contributed by atoms with Crippen LogP contribution >= 0.6 is 0 Å². The summed E-state index contributed by atoms with van der Waals surface area (Å²) >= 11 is 0. The maximum absolute atomic E-state index is 14.0. The molecule has 4 amide bonds. The zero-order valence-electron chi connectivity index (χ0n) is 47.0. The van der Waals surface area contributed by atoms with E-state index in [-0.39, 0.29) is 73.0 Å². The summed E-state index contributed by atoms with van der Waals surface area (Å²) in [5, 5.41) is 73.9. The van der Waals surface area contributed by atoms with E-state index in [2.05, 4.69) is 40.5 Å². The summed E-state index contributed by atoms with van der Waals surface area (Å²) in [6.07, 6.45) is 15.2. The van der Waals surface area contributed by atoms with Gasteiger partial charge in [-0.3, -0.25) is 29.0 Å². The van der Waals surface area contributed by atoms with Crippen LogP contribution in [0.4, 0.5) is 0 Å². The number of hydrogen-bond acceptors (Lipinski definition) is 12. The second kappa shape index (κ2) is 33.4. The largest absolute Gasteiger partial charge is 0.508 e. The Morgan fingerprint density at radius 2 is 1.50 bits per heavy atom. The number of phenols is 1. The smallest absolute Gasteiger partial charge is 0.322 e. The molecule has 17 nitrogen and oxygen atoms in total. The molecule has 14 unspecified atom stereocenters. The molecule has 0 saturated carbocycles. The fourth-order valence-electron chi connectivity index (χ4n) is 10.2. The first-order chi connectivity index (χ1) is 35.9. The standard InChI is InChI=1S/C59H95N5O12/c1-10-44-28-31-48(60-55(44)71)42(9)53(69)39(6)26-32-51(68)38(5)20-13-11-12-18-37(4)19-14-15-22-45(66)29-25-40(7)54(70)47(30-27-41(8)65)56(72)62-52(36(2)3)57(73)61-50(35-43-21-16-23-46(67)34-43)58(74)64-33-17-24-49(63-64)59(75)76/h11-12,15-16,18,21-23,34,36,38-40,42,44-45,47-54,63,66-70H,10,13-14,17,19-20,24-33,35H2,1-9H3,(H,60,71)(H,61,73)(H,62,72)(H,75,76)/b12-11+,22-15+,37-18+. The highest BCUT2D eigenvalue weighted by atomic mass is 16.4. The van der Waals surface area contributed by atoms with Gasteiger partial charge in [-0.05, 0) is 145 Å². The summed E-state index contributed by atoms with van der Waals surface area (Å²) in [5.74, 6) is -5.08. The van der Waals surface area contributed by atoms with Gasteiger partial charge in [0.25, 0.3) is 5.91 Å². The van der Waals surface area contributed by atoms with Crippen molar-refractivity contribution in [3.05, 3.63) is 65.8 Å². The topological polar surface area (TPSA) is 275 Å². The molecule has 76 heavy (non-hydrogen) atoms. The Bertz CT molecular complexity index is 2090. The van der Waals surface area contributed by atoms with E-state index in [1.165, 1.54) is 29.6 Å². The third-order valence-corrected chi connectivity index (χ3v) is 15.7. The summed E-state index contributed by atoms with van der Waals surface area (Å²) in [7, 11) is 0. The van der Waals surface area contributed by atoms with Crippen LogP contribution < -0.4 is 21.4 Å². The van der Waals surface area contributed by atoms with Gasteiger partial charge in [0.2, 0.25) is 17.7 Å². The van der Waals surface area contributed by atoms with Crippen molar-refractivity contribution in [3.63, 3.8) is 0 Å². The van der Waals surface area contributed by atoms with Crippen LogP contribution in [0.3, 0.4) is 0 Å². The number of aliphatic carboxylic acids is 1. The number of phenolic OH excluding ortho intramolecular Hbond substituents is 1. The van der Waals surface area contributed by atoms with Gasteiger partial charge in [-0.2, -0.15) is 0 Å². The van der Waals surface area contributed by atoms with Gasteiger partial charge < -0.3 is 51.4 Å². The molecule has 2 aliphatic heterocycles. The van der Waals surface area contributed by atoms with E-state index in [1.54, 1.807) is 39.0 Å². The van der Waals surface area contributed by atoms with E-state index in [0.29, 0.717) is 50.5 Å². The van der Waals surface area contributed by atoms with Crippen LogP contribution in [0, 0.1) is 41.4 Å². The van der Waals surface area contributed by atoms with Gasteiger partial charge in [0.05, 0.1) is 30.3 Å². The number of Topliss-reactive ketones (excluding diaryl/α,β-unsaturated/α-hetero) is 1. The number of carbonyl (C=O) groups is 6. The number of hydrogen-bond donors (Lipinski definition) is 10. The molecule has 17 heteroatoms. The molecular formula is C59H95N5O12. The Morgan fingerprint density at radius 1 is 0.803 bits per heavy atom. The summed E-state index contributed by atoms with van der Waals surface area (Å²) in [4.78, 5) is 78.3. The average Bonchev–Trinajstić information content (AvgIpc) is 3.38. The maximum atomic E-state index is 14.0. The first kappa shape index (κ1) is 65.3. The quantitative estimate of drug-likeness (QED) is 0.0263. The normalized spacial score (nSPS) is 21.9. The summed E-state index contributed by atoms with van der Waals surface area (Å²) in [5.41, 5.74) is 4.43. The van der Waals surface area contributed by atoms with Gasteiger partial charge >= 0.3 is 5.97 Å². The molecule has 3 rings (SSSR count). The highest BCUT2D eigenvalue weighted by Crippen LogP contribution is 2.29. The Kier molecular flexibility index (Phi) is 28.7. The second-order valence-corrected chi connectivity index (χ2v) is 22.5. The number of aliphatic hydroxyl groups is 4. The predicted octanol–water partition coefficient (Wildman–Crippen LogP) is 6.60. The lowest BCUT2D eigenvalue weighted by Crippen LogP contribution is -2.62. The molecular weight excluding hydrogens is 971 g/mol. The summed E-state index contributed by atoms with van der Waals surface area (Å²) in [6.45, 7) is 16.9. The van der Waals surface area contributed by atoms with Crippen LogP contribution in [0.25, 0.3) is 0 Å². The van der Waals surface area contributed by atoms with E-state index in [4.69, 9.17) is 0 Å². The molecule has 14 atom stereocenters. The SMILES string of the molecule is CCC1CCC(C(C)C(O)C(C)CCC(O)C(C)CC/C=C/C=C(\C)CC/C=C/C(O)CCC(C)C(O)C(CCC(C)=O)C(=O)NC(C(=O)NC(Cc2cccc(O)c2)C(=O)N2CCCC(C(=O)O)N2)C(C)C)NC1=O. The number of allylic oxidation sites excluding steroid dienone is 5. The predicted molar refractivity (Wildman–Crippen MR) is 294 cm³/mol. The molecule has 2 saturated heterocycles. The number of nitrogens with zero attached hydrogens (tertiary/aromatic N) is 1. The number of carboxylic acid groups (broad SMARTS) is 1. The van der Waals surface area contributed by atoms with Crippen molar-refractivity contribution >= 4 is 35.4 Å². The third kappa shape index (κ3) is 22.2. The average molecular weight is 1070 g/mol. The van der Waals surface area contributed by atoms with E-state index in [1.807, 2.05) is 39.8 Å². The first-order valence-electron chi connectivity index (χ1n) is 28.1.